The molecule has 144 valence electrons. The van der Waals surface area contributed by atoms with Crippen LogP contribution in [0.25, 0.3) is 0 Å². The average Bonchev–Trinajstić information content (AvgIpc) is 2.65. The second-order valence-electron chi connectivity index (χ2n) is 5.79. The first kappa shape index (κ1) is 20.4. The van der Waals surface area contributed by atoms with Gasteiger partial charge in [-0.3, -0.25) is 19.2 Å². The van der Waals surface area contributed by atoms with Gasteiger partial charge in [-0.1, -0.05) is 38.1 Å². The Morgan fingerprint density at radius 3 is 2.15 bits per heavy atom. The van der Waals surface area contributed by atoms with E-state index in [-0.39, 0.29) is 10.6 Å². The highest BCUT2D eigenvalue weighted by atomic mass is 32.2. The highest BCUT2D eigenvalue weighted by Gasteiger charge is 2.31. The number of carboxylic acid groups (broad SMARTS) is 1. The van der Waals surface area contributed by atoms with E-state index in [1.807, 2.05) is 13.8 Å². The Hall–Kier alpha value is -2.94. The van der Waals surface area contributed by atoms with Crippen molar-refractivity contribution in [3.63, 3.8) is 0 Å². The second-order valence-corrected chi connectivity index (χ2v) is 7.65. The number of carbonyl (C=O) groups is 1. The van der Waals surface area contributed by atoms with Gasteiger partial charge in [0, 0.05) is 12.1 Å². The van der Waals surface area contributed by atoms with Crippen LogP contribution in [-0.4, -0.2) is 31.0 Å². The van der Waals surface area contributed by atoms with Crippen molar-refractivity contribution in [3.8, 4) is 0 Å². The molecule has 1 N–H and O–H groups in total. The van der Waals surface area contributed by atoms with E-state index >= 15 is 0 Å². The van der Waals surface area contributed by atoms with Crippen LogP contribution in [0.1, 0.15) is 25.0 Å². The normalized spacial score (nSPS) is 11.2. The topological polar surface area (TPSA) is 118 Å². The quantitative estimate of drug-likeness (QED) is 0.545. The van der Waals surface area contributed by atoms with Gasteiger partial charge in [-0.2, -0.15) is 0 Å². The number of nitro groups is 1. The summed E-state index contributed by atoms with van der Waals surface area (Å²) in [5.74, 6) is -1.32. The standard InChI is InChI=1S/C18H20N2O6S/c1-3-13-7-5-8-14(4-2)18(13)19(12-17(21)22)27(25,26)16-10-6-9-15(11-16)20(23)24/h5-11H,3-4,12H2,1-2H3,(H,21,22). The molecule has 0 fully saturated rings. The molecule has 0 radical (unpaired) electrons. The molecule has 0 amide bonds. The molecule has 0 aliphatic carbocycles. The Labute approximate surface area is 157 Å². The number of nitro benzene ring substituents is 1. The smallest absolute Gasteiger partial charge is 0.324 e. The molecule has 2 aromatic carbocycles. The van der Waals surface area contributed by atoms with Crippen molar-refractivity contribution in [1.29, 1.82) is 0 Å². The summed E-state index contributed by atoms with van der Waals surface area (Å²) < 4.78 is 27.3. The molecule has 0 aromatic heterocycles. The van der Waals surface area contributed by atoms with Gasteiger partial charge in [0.25, 0.3) is 15.7 Å². The molecule has 0 bridgehead atoms. The maximum absolute atomic E-state index is 13.2. The zero-order chi connectivity index (χ0) is 20.2. The van der Waals surface area contributed by atoms with Crippen LogP contribution in [-0.2, 0) is 27.7 Å². The Kier molecular flexibility index (Phi) is 6.17. The van der Waals surface area contributed by atoms with Crippen molar-refractivity contribution in [2.45, 2.75) is 31.6 Å². The zero-order valence-corrected chi connectivity index (χ0v) is 15.8. The molecule has 2 rings (SSSR count). The van der Waals surface area contributed by atoms with Crippen LogP contribution in [0, 0.1) is 10.1 Å². The van der Waals surface area contributed by atoms with Gasteiger partial charge >= 0.3 is 5.97 Å². The van der Waals surface area contributed by atoms with Gasteiger partial charge in [0.15, 0.2) is 0 Å². The molecule has 0 spiro atoms. The summed E-state index contributed by atoms with van der Waals surface area (Å²) in [5, 5.41) is 20.3. The van der Waals surface area contributed by atoms with Gasteiger partial charge in [-0.25, -0.2) is 8.42 Å². The molecule has 27 heavy (non-hydrogen) atoms. The third-order valence-electron chi connectivity index (χ3n) is 4.11. The van der Waals surface area contributed by atoms with Gasteiger partial charge in [0.1, 0.15) is 6.54 Å². The van der Waals surface area contributed by atoms with Crippen LogP contribution in [0.2, 0.25) is 0 Å². The molecule has 2 aromatic rings. The Balaban J connectivity index is 2.73. The van der Waals surface area contributed by atoms with E-state index in [2.05, 4.69) is 0 Å². The van der Waals surface area contributed by atoms with Crippen LogP contribution in [0.15, 0.2) is 47.4 Å². The third-order valence-corrected chi connectivity index (χ3v) is 5.85. The van der Waals surface area contributed by atoms with Crippen LogP contribution < -0.4 is 4.31 Å². The Bertz CT molecular complexity index is 949. The zero-order valence-electron chi connectivity index (χ0n) is 15.0. The minimum absolute atomic E-state index is 0.316. The minimum Gasteiger partial charge on any atom is -0.480 e. The predicted molar refractivity (Wildman–Crippen MR) is 100 cm³/mol. The van der Waals surface area contributed by atoms with E-state index in [0.717, 1.165) is 10.4 Å². The molecule has 0 aliphatic heterocycles. The number of aliphatic carboxylic acids is 1. The fraction of sp³-hybridized carbons (Fsp3) is 0.278. The number of benzene rings is 2. The Morgan fingerprint density at radius 1 is 1.11 bits per heavy atom. The first-order valence-corrected chi connectivity index (χ1v) is 9.76. The van der Waals surface area contributed by atoms with Gasteiger partial charge in [-0.15, -0.1) is 0 Å². The van der Waals surface area contributed by atoms with Crippen molar-refractivity contribution in [1.82, 2.24) is 0 Å². The average molecular weight is 392 g/mol. The first-order chi connectivity index (χ1) is 12.7. The summed E-state index contributed by atoms with van der Waals surface area (Å²) in [7, 11) is -4.32. The van der Waals surface area contributed by atoms with E-state index in [1.54, 1.807) is 18.2 Å². The van der Waals surface area contributed by atoms with Crippen molar-refractivity contribution >= 4 is 27.4 Å². The summed E-state index contributed by atoms with van der Waals surface area (Å²) in [4.78, 5) is 21.4. The number of anilines is 1. The SMILES string of the molecule is CCc1cccc(CC)c1N(CC(=O)O)S(=O)(=O)c1cccc([N+](=O)[O-])c1. The van der Waals surface area contributed by atoms with Crippen LogP contribution >= 0.6 is 0 Å². The molecular weight excluding hydrogens is 372 g/mol. The summed E-state index contributed by atoms with van der Waals surface area (Å²) in [6.45, 7) is 2.91. The van der Waals surface area contributed by atoms with E-state index in [1.165, 1.54) is 18.2 Å². The van der Waals surface area contributed by atoms with Crippen molar-refractivity contribution in [3.05, 3.63) is 63.7 Å². The number of non-ortho nitro benzene ring substituents is 1. The minimum atomic E-state index is -4.32. The van der Waals surface area contributed by atoms with Gasteiger partial charge < -0.3 is 5.11 Å². The van der Waals surface area contributed by atoms with Crippen molar-refractivity contribution in [2.24, 2.45) is 0 Å². The summed E-state index contributed by atoms with van der Waals surface area (Å²) >= 11 is 0. The molecule has 0 atom stereocenters. The molecule has 0 unspecified atom stereocenters. The van der Waals surface area contributed by atoms with E-state index < -0.39 is 27.5 Å². The number of rotatable bonds is 8. The lowest BCUT2D eigenvalue weighted by Crippen LogP contribution is -2.37. The van der Waals surface area contributed by atoms with Crippen LogP contribution in [0.5, 0.6) is 0 Å². The number of nitrogens with zero attached hydrogens (tertiary/aromatic N) is 2. The first-order valence-electron chi connectivity index (χ1n) is 8.32. The van der Waals surface area contributed by atoms with Gasteiger partial charge in [0.05, 0.1) is 15.5 Å². The van der Waals surface area contributed by atoms with E-state index in [0.29, 0.717) is 29.7 Å². The number of hydrogen-bond donors (Lipinski definition) is 1. The lowest BCUT2D eigenvalue weighted by Gasteiger charge is -2.27. The summed E-state index contributed by atoms with van der Waals surface area (Å²) in [6, 6.07) is 9.87. The molecule has 0 saturated heterocycles. The second kappa shape index (κ2) is 8.17. The molecule has 8 nitrogen and oxygen atoms in total. The number of sulfonamides is 1. The third kappa shape index (κ3) is 4.25. The number of aryl methyl sites for hydroxylation is 2. The predicted octanol–water partition coefficient (Wildman–Crippen LogP) is 3.00. The fourth-order valence-corrected chi connectivity index (χ4v) is 4.36. The number of para-hydroxylation sites is 1. The van der Waals surface area contributed by atoms with Gasteiger partial charge in [-0.05, 0) is 30.0 Å². The molecule has 9 heteroatoms. The van der Waals surface area contributed by atoms with Crippen LogP contribution in [0.4, 0.5) is 11.4 Å². The number of carboxylic acids is 1. The van der Waals surface area contributed by atoms with Crippen molar-refractivity contribution in [2.75, 3.05) is 10.8 Å². The van der Waals surface area contributed by atoms with Gasteiger partial charge in [0.2, 0.25) is 0 Å². The molecule has 0 heterocycles. The summed E-state index contributed by atoms with van der Waals surface area (Å²) in [5.41, 5.74) is 1.30. The van der Waals surface area contributed by atoms with Crippen LogP contribution in [0.3, 0.4) is 0 Å². The lowest BCUT2D eigenvalue weighted by atomic mass is 10.0. The monoisotopic (exact) mass is 392 g/mol. The highest BCUT2D eigenvalue weighted by molar-refractivity contribution is 7.92. The largest absolute Gasteiger partial charge is 0.480 e. The number of hydrogen-bond acceptors (Lipinski definition) is 5. The van der Waals surface area contributed by atoms with E-state index in [4.69, 9.17) is 0 Å². The summed E-state index contributed by atoms with van der Waals surface area (Å²) in [6.07, 6.45) is 1.01. The molecular formula is C18H20N2O6S. The lowest BCUT2D eigenvalue weighted by molar-refractivity contribution is -0.385. The highest BCUT2D eigenvalue weighted by Crippen LogP contribution is 2.32. The maximum atomic E-state index is 13.2. The Morgan fingerprint density at radius 2 is 1.67 bits per heavy atom. The molecule has 0 saturated carbocycles. The van der Waals surface area contributed by atoms with Crippen molar-refractivity contribution < 1.29 is 23.2 Å². The maximum Gasteiger partial charge on any atom is 0.324 e. The molecule has 0 aliphatic rings. The van der Waals surface area contributed by atoms with E-state index in [9.17, 15) is 28.4 Å². The fourth-order valence-electron chi connectivity index (χ4n) is 2.83.